The summed E-state index contributed by atoms with van der Waals surface area (Å²) in [5.74, 6) is 1.58. The van der Waals surface area contributed by atoms with Crippen molar-refractivity contribution in [1.82, 2.24) is 39.9 Å². The first kappa shape index (κ1) is 27.2. The zero-order chi connectivity index (χ0) is 29.6. The van der Waals surface area contributed by atoms with Gasteiger partial charge in [0.25, 0.3) is 10.1 Å². The fourth-order valence-electron chi connectivity index (χ4n) is 5.65. The van der Waals surface area contributed by atoms with Gasteiger partial charge in [-0.05, 0) is 33.7 Å². The molecule has 0 aliphatic carbocycles. The summed E-state index contributed by atoms with van der Waals surface area (Å²) in [4.78, 5) is 38.2. The molecule has 0 fully saturated rings. The summed E-state index contributed by atoms with van der Waals surface area (Å²) >= 11 is 0. The second-order valence-corrected chi connectivity index (χ2v) is 11.7. The summed E-state index contributed by atoms with van der Waals surface area (Å²) in [7, 11) is -4.49. The van der Waals surface area contributed by atoms with E-state index in [-0.39, 0.29) is 33.3 Å². The standard InChI is InChI=1S/C32H16N8O3S.Cu/c41-44(42,43)16-13-14-23-24(15-16)32-39-30-22-12-6-5-11-21(22)28(37-30)35-26-18-8-2-1-7-17(18)25(33-26)34-27-19-9-3-4-10-20(19)29(36-27)38-31(23)40-32;/h1-15H,(H-2,33,34,35,36,37,38,39,40,41,42,43);/q-2;+2. The van der Waals surface area contributed by atoms with E-state index in [9.17, 15) is 13.0 Å². The molecule has 219 valence electrons. The number of rotatable bonds is 1. The first-order valence-corrected chi connectivity index (χ1v) is 15.0. The summed E-state index contributed by atoms with van der Waals surface area (Å²) in [6, 6.07) is 27.1. The van der Waals surface area contributed by atoms with Gasteiger partial charge in [0.2, 0.25) is 0 Å². The number of hydrogen-bond donors (Lipinski definition) is 1. The van der Waals surface area contributed by atoms with Crippen LogP contribution in [0.15, 0.2) is 95.9 Å². The maximum absolute atomic E-state index is 12.1. The van der Waals surface area contributed by atoms with Crippen LogP contribution in [0.3, 0.4) is 0 Å². The summed E-state index contributed by atoms with van der Waals surface area (Å²) < 4.78 is 33.9. The van der Waals surface area contributed by atoms with Gasteiger partial charge in [-0.3, -0.25) is 4.55 Å². The molecule has 2 aliphatic heterocycles. The fraction of sp³-hybridized carbons (Fsp3) is 0. The molecule has 0 atom stereocenters. The Labute approximate surface area is 264 Å². The first-order chi connectivity index (χ1) is 21.4. The monoisotopic (exact) mass is 655 g/mol. The van der Waals surface area contributed by atoms with E-state index >= 15 is 0 Å². The van der Waals surface area contributed by atoms with Crippen LogP contribution in [0.2, 0.25) is 0 Å². The Morgan fingerprint density at radius 1 is 0.467 bits per heavy atom. The molecule has 3 aromatic heterocycles. The molecule has 45 heavy (non-hydrogen) atoms. The molecule has 1 N–H and O–H groups in total. The van der Waals surface area contributed by atoms with Crippen LogP contribution >= 0.6 is 0 Å². The van der Waals surface area contributed by atoms with E-state index in [2.05, 4.69) is 0 Å². The number of nitrogens with zero attached hydrogens (tertiary/aromatic N) is 8. The minimum atomic E-state index is -4.49. The zero-order valence-corrected chi connectivity index (χ0v) is 24.5. The third-order valence-corrected chi connectivity index (χ3v) is 8.54. The van der Waals surface area contributed by atoms with Gasteiger partial charge in [0.05, 0.1) is 28.2 Å². The Bertz CT molecular complexity index is 2660. The van der Waals surface area contributed by atoms with Crippen molar-refractivity contribution in [2.24, 2.45) is 0 Å². The number of fused-ring (bicyclic) bond motifs is 20. The van der Waals surface area contributed by atoms with Gasteiger partial charge in [-0.25, -0.2) is 9.97 Å². The predicted octanol–water partition coefficient (Wildman–Crippen LogP) is 5.37. The second-order valence-electron chi connectivity index (χ2n) is 10.3. The molecule has 11 nitrogen and oxygen atoms in total. The van der Waals surface area contributed by atoms with Crippen molar-refractivity contribution in [3.8, 4) is 45.6 Å². The van der Waals surface area contributed by atoms with E-state index in [1.54, 1.807) is 6.07 Å². The van der Waals surface area contributed by atoms with E-state index in [0.717, 1.165) is 33.0 Å². The first-order valence-electron chi connectivity index (χ1n) is 13.5. The summed E-state index contributed by atoms with van der Waals surface area (Å²) in [6.45, 7) is 0. The molecular weight excluding hydrogens is 640 g/mol. The number of benzene rings is 4. The molecule has 0 amide bonds. The van der Waals surface area contributed by atoms with Crippen molar-refractivity contribution >= 4 is 54.3 Å². The van der Waals surface area contributed by atoms with Crippen LogP contribution in [0.25, 0.3) is 89.7 Å². The Morgan fingerprint density at radius 3 is 1.22 bits per heavy atom. The van der Waals surface area contributed by atoms with Crippen molar-refractivity contribution in [3.63, 3.8) is 0 Å². The maximum Gasteiger partial charge on any atom is 2.00 e. The molecule has 5 heterocycles. The van der Waals surface area contributed by atoms with Crippen LogP contribution in [0, 0.1) is 0 Å². The van der Waals surface area contributed by atoms with E-state index in [4.69, 9.17) is 39.9 Å². The van der Waals surface area contributed by atoms with Gasteiger partial charge in [0.15, 0.2) is 0 Å². The normalized spacial score (nSPS) is 12.1. The number of aromatic nitrogens is 8. The smallest absolute Gasteiger partial charge is 0.357 e. The van der Waals surface area contributed by atoms with E-state index in [0.29, 0.717) is 45.4 Å². The third-order valence-electron chi connectivity index (χ3n) is 7.69. The molecule has 9 rings (SSSR count). The van der Waals surface area contributed by atoms with Crippen LogP contribution in [0.4, 0.5) is 0 Å². The van der Waals surface area contributed by atoms with Crippen LogP contribution in [-0.4, -0.2) is 42.9 Å². The van der Waals surface area contributed by atoms with Gasteiger partial charge >= 0.3 is 17.1 Å². The van der Waals surface area contributed by atoms with Gasteiger partial charge < -0.3 is 29.9 Å². The van der Waals surface area contributed by atoms with Crippen molar-refractivity contribution in [2.75, 3.05) is 0 Å². The third kappa shape index (κ3) is 4.25. The van der Waals surface area contributed by atoms with Crippen molar-refractivity contribution in [1.29, 1.82) is 0 Å². The van der Waals surface area contributed by atoms with Crippen LogP contribution in [0.5, 0.6) is 0 Å². The molecular formula is C32H16CuN8O3S. The van der Waals surface area contributed by atoms with Gasteiger partial charge in [0.1, 0.15) is 0 Å². The minimum absolute atomic E-state index is 0. The van der Waals surface area contributed by atoms with E-state index in [1.165, 1.54) is 12.1 Å². The Kier molecular flexibility index (Phi) is 5.96. The molecule has 7 aromatic rings. The van der Waals surface area contributed by atoms with Gasteiger partial charge in [-0.2, -0.15) is 8.42 Å². The maximum atomic E-state index is 12.1. The Hall–Kier alpha value is -5.33. The molecule has 1 radical (unpaired) electrons. The average Bonchev–Trinajstić information content (AvgIpc) is 3.76. The molecule has 2 aliphatic rings. The summed E-state index contributed by atoms with van der Waals surface area (Å²) in [5.41, 5.74) is 4.42. The summed E-state index contributed by atoms with van der Waals surface area (Å²) in [6.07, 6.45) is 0. The Morgan fingerprint density at radius 2 is 0.822 bits per heavy atom. The quantitative estimate of drug-likeness (QED) is 0.179. The van der Waals surface area contributed by atoms with Gasteiger partial charge in [0, 0.05) is 44.8 Å². The van der Waals surface area contributed by atoms with Gasteiger partial charge in [-0.15, -0.1) is 0 Å². The minimum Gasteiger partial charge on any atom is -0.357 e. The molecule has 0 spiro atoms. The topological polar surface area (TPSA) is 160 Å². The fourth-order valence-corrected chi connectivity index (χ4v) is 6.16. The second kappa shape index (κ2) is 9.84. The van der Waals surface area contributed by atoms with Crippen molar-refractivity contribution in [2.45, 2.75) is 4.90 Å². The SMILES string of the molecule is O=S(=O)(O)c1ccc2c3nc4nc(nc5[n-]c(nc6nc(nc([n-]3)c2c1)-c1ccccc1-6)c1ccccc51)-c1ccccc1-4.[Cu+2]. The molecule has 8 bridgehead atoms. The van der Waals surface area contributed by atoms with Crippen molar-refractivity contribution in [3.05, 3.63) is 91.0 Å². The largest absolute Gasteiger partial charge is 2.00 e. The molecule has 0 unspecified atom stereocenters. The molecule has 4 aromatic carbocycles. The zero-order valence-electron chi connectivity index (χ0n) is 22.7. The molecule has 0 saturated carbocycles. The van der Waals surface area contributed by atoms with E-state index < -0.39 is 10.1 Å². The van der Waals surface area contributed by atoms with Crippen LogP contribution < -0.4 is 9.97 Å². The molecule has 0 saturated heterocycles. The number of hydrogen-bond acceptors (Lipinski definition) is 8. The van der Waals surface area contributed by atoms with E-state index in [1.807, 2.05) is 72.8 Å². The average molecular weight is 656 g/mol. The van der Waals surface area contributed by atoms with Crippen LogP contribution in [0.1, 0.15) is 0 Å². The summed E-state index contributed by atoms with van der Waals surface area (Å²) in [5, 5.41) is 2.54. The van der Waals surface area contributed by atoms with Crippen LogP contribution in [-0.2, 0) is 27.2 Å². The van der Waals surface area contributed by atoms with Gasteiger partial charge in [-0.1, -0.05) is 78.9 Å². The predicted molar refractivity (Wildman–Crippen MR) is 164 cm³/mol. The van der Waals surface area contributed by atoms with Crippen molar-refractivity contribution < 1.29 is 30.0 Å². The Balaban J connectivity index is 0.00000300. The molecule has 13 heteroatoms.